The Kier molecular flexibility index (Phi) is 38.7. The summed E-state index contributed by atoms with van der Waals surface area (Å²) in [5.74, 6) is -16.1. The number of rotatable bonds is 22. The lowest BCUT2D eigenvalue weighted by Crippen LogP contribution is -2.61. The molecule has 3 aromatic carbocycles. The number of unbranched alkanes of at least 4 members (excludes halogenated alkanes) is 2. The molecule has 17 amide bonds. The number of aromatic hydroxyl groups is 1. The molecular weight excluding hydrogens is 1730 g/mol. The first-order valence-corrected chi connectivity index (χ1v) is 46.4. The van der Waals surface area contributed by atoms with Crippen molar-refractivity contribution in [1.82, 2.24) is 92.5 Å². The molecule has 132 heavy (non-hydrogen) atoms. The van der Waals surface area contributed by atoms with Crippen LogP contribution in [0, 0.1) is 11.8 Å². The minimum absolute atomic E-state index is 0.00305. The van der Waals surface area contributed by atoms with Crippen LogP contribution in [0.2, 0.25) is 0 Å². The second kappa shape index (κ2) is 49.3. The molecular formula is C91H130N20O20S. The van der Waals surface area contributed by atoms with Gasteiger partial charge in [0, 0.05) is 120 Å². The molecule has 0 spiro atoms. The highest BCUT2D eigenvalue weighted by Crippen LogP contribution is 2.28. The van der Waals surface area contributed by atoms with Gasteiger partial charge < -0.3 is 119 Å². The highest BCUT2D eigenvalue weighted by molar-refractivity contribution is 8.00. The van der Waals surface area contributed by atoms with Gasteiger partial charge in [-0.25, -0.2) is 0 Å². The van der Waals surface area contributed by atoms with Gasteiger partial charge in [0.15, 0.2) is 0 Å². The molecule has 2 aromatic heterocycles. The number of primary amides is 1. The molecule has 40 nitrogen and oxygen atoms in total. The molecule has 41 heteroatoms. The Morgan fingerprint density at radius 3 is 1.70 bits per heavy atom. The fourth-order valence-corrected chi connectivity index (χ4v) is 17.7. The fourth-order valence-electron chi connectivity index (χ4n) is 16.8. The van der Waals surface area contributed by atoms with Crippen molar-refractivity contribution >= 4 is 134 Å². The number of carbonyl (C=O) groups excluding carboxylic acids is 17. The van der Waals surface area contributed by atoms with Crippen LogP contribution in [0.1, 0.15) is 142 Å². The number of carbonyl (C=O) groups is 17. The van der Waals surface area contributed by atoms with E-state index in [0.29, 0.717) is 64.2 Å². The molecule has 4 aliphatic rings. The van der Waals surface area contributed by atoms with E-state index in [-0.39, 0.29) is 120 Å². The number of aliphatic hydroxyl groups is 1. The van der Waals surface area contributed by atoms with Gasteiger partial charge in [0.05, 0.1) is 44.6 Å². The third-order valence-electron chi connectivity index (χ3n) is 24.3. The number of nitrogens with two attached hydrogens (primary N) is 2. The number of benzene rings is 3. The van der Waals surface area contributed by atoms with Crippen molar-refractivity contribution in [2.24, 2.45) is 23.3 Å². The quantitative estimate of drug-likeness (QED) is 0.0389. The summed E-state index contributed by atoms with van der Waals surface area (Å²) in [6.07, 6.45) is 2.37. The molecule has 9 rings (SSSR count). The Bertz CT molecular complexity index is 4920. The van der Waals surface area contributed by atoms with Crippen molar-refractivity contribution in [3.8, 4) is 5.75 Å². The summed E-state index contributed by atoms with van der Waals surface area (Å²) in [5, 5.41) is 49.9. The number of aliphatic hydroxyl groups excluding tert-OH is 1. The van der Waals surface area contributed by atoms with Gasteiger partial charge >= 0.3 is 0 Å². The highest BCUT2D eigenvalue weighted by Gasteiger charge is 2.46. The SMILES string of the molecule is CCCC[C@H]1C(=O)N(C)[C@@H](CCCC)C(=O)N[C@@H](CC(C)C)C(=O)N[C@H](C(=O)NCC(=O)N2CCOCC2)CSCC(=O)N[C@@H](Cc2ccc(O)cc2)C(=O)N(C)[C@@H](C)C(=O)N[C@@H](CC(N)=O)C(=O)N2CCC[C@H]2C(=O)N[C@@H](CN)C(=O)N[C@@H](CC(C)C)C(=O)N2C[C@H](O)C[C@H]2C(=O)N[C@@H](Cc2c[nH]c3ccccc23)C(=O)NCC(=O)N[C@@H](Cc2c[nH]c3ccccc23)C(=O)N1C. The van der Waals surface area contributed by atoms with Crippen molar-refractivity contribution in [1.29, 1.82) is 0 Å². The number of fused-ring (bicyclic) bond motifs is 4. The number of hydrogen-bond acceptors (Lipinski definition) is 22. The molecule has 4 saturated heterocycles. The normalized spacial score (nSPS) is 25.3. The van der Waals surface area contributed by atoms with Crippen molar-refractivity contribution < 1.29 is 96.5 Å². The van der Waals surface area contributed by atoms with Crippen LogP contribution in [-0.2, 0) is 106 Å². The number of ether oxygens (including phenoxy) is 1. The van der Waals surface area contributed by atoms with E-state index < -0.39 is 223 Å². The number of morpholine rings is 1. The standard InChI is InChI=1S/C91H130N20O20S/c1-11-13-24-71-84(123)100-63(36-51(3)4)82(121)105-70(81(120)97-47-78(117)109-32-34-131-35-33-109)49-132-50-77(116)99-66(38-54-27-29-57(112)30-28-54)87(126)106(8)53(7)79(118)102-68(42-75(93)114)89(128)110-31-19-26-72(110)85(124)104-69(43-92)83(122)103-65(37-52(5)6)90(129)111-48-58(113)41-74(111)86(125)101-64(39-55-44-94-61-22-17-15-20-59(55)61)80(119)96-46-76(115)98-67(40-56-45-95-62-23-18-16-21-60(56)62)88(127)108(10)73(25-14-12-2)91(130)107(71)9/h15-18,20-23,27-30,44-45,51-53,58,63-74,94-95,112-113H,11-14,19,24-26,31-43,46-50,92H2,1-10H3,(H2,93,114)(H,96,119)(H,97,120)(H,98,115)(H,99,116)(H,100,123)(H,101,125)(H,102,118)(H,103,122)(H,104,124)(H,105,121)/t53-,58+,63-,64-,65-,66-,67-,68-,69-,70-,71-,72-,73-,74-/m0/s1. The minimum Gasteiger partial charge on any atom is -0.508 e. The number of phenolic OH excluding ortho intramolecular Hbond substituents is 1. The predicted molar refractivity (Wildman–Crippen MR) is 489 cm³/mol. The number of amides is 17. The number of nitrogens with zero attached hydrogens (tertiary/aromatic N) is 6. The smallest absolute Gasteiger partial charge is 0.246 e. The van der Waals surface area contributed by atoms with E-state index in [1.54, 1.807) is 70.4 Å². The zero-order valence-corrected chi connectivity index (χ0v) is 77.5. The molecule has 0 saturated carbocycles. The maximum absolute atomic E-state index is 15.6. The number of hydrogen-bond donors (Lipinski definition) is 16. The third kappa shape index (κ3) is 28.4. The fraction of sp³-hybridized carbons (Fsp3) is 0.571. The van der Waals surface area contributed by atoms with Crippen LogP contribution in [0.5, 0.6) is 5.75 Å². The van der Waals surface area contributed by atoms with Gasteiger partial charge in [-0.3, -0.25) is 81.5 Å². The predicted octanol–water partition coefficient (Wildman–Crippen LogP) is -1.14. The first-order valence-electron chi connectivity index (χ1n) is 45.3. The monoisotopic (exact) mass is 1850 g/mol. The van der Waals surface area contributed by atoms with E-state index in [0.717, 1.165) is 26.5 Å². The van der Waals surface area contributed by atoms with Crippen molar-refractivity contribution in [3.05, 3.63) is 102 Å². The van der Waals surface area contributed by atoms with Gasteiger partial charge in [-0.05, 0) is 98.2 Å². The molecule has 0 bridgehead atoms. The van der Waals surface area contributed by atoms with Crippen molar-refractivity contribution in [2.45, 2.75) is 229 Å². The first kappa shape index (κ1) is 103. The highest BCUT2D eigenvalue weighted by atomic mass is 32.2. The van der Waals surface area contributed by atoms with Crippen LogP contribution >= 0.6 is 11.8 Å². The van der Waals surface area contributed by atoms with Gasteiger partial charge in [-0.2, -0.15) is 0 Å². The second-order valence-corrected chi connectivity index (χ2v) is 36.2. The molecule has 0 aliphatic carbocycles. The van der Waals surface area contributed by atoms with Crippen molar-refractivity contribution in [2.75, 3.05) is 91.7 Å². The number of thioether (sulfide) groups is 1. The first-order chi connectivity index (χ1) is 62.9. The number of para-hydroxylation sites is 2. The third-order valence-corrected chi connectivity index (χ3v) is 25.3. The number of H-pyrrole nitrogens is 2. The van der Waals surface area contributed by atoms with Crippen LogP contribution in [0.3, 0.4) is 0 Å². The Morgan fingerprint density at radius 2 is 1.08 bits per heavy atom. The molecule has 4 aliphatic heterocycles. The van der Waals surface area contributed by atoms with Crippen LogP contribution in [0.15, 0.2) is 85.2 Å². The van der Waals surface area contributed by atoms with E-state index >= 15 is 28.8 Å². The summed E-state index contributed by atoms with van der Waals surface area (Å²) < 4.78 is 5.42. The number of nitrogens with one attached hydrogen (secondary N) is 12. The molecule has 18 N–H and O–H groups in total. The molecule has 6 heterocycles. The van der Waals surface area contributed by atoms with E-state index in [1.807, 2.05) is 32.0 Å². The van der Waals surface area contributed by atoms with Gasteiger partial charge in [-0.15, -0.1) is 11.8 Å². The van der Waals surface area contributed by atoms with E-state index in [2.05, 4.69) is 63.1 Å². The van der Waals surface area contributed by atoms with Gasteiger partial charge in [-0.1, -0.05) is 116 Å². The van der Waals surface area contributed by atoms with E-state index in [9.17, 15) is 63.0 Å². The Hall–Kier alpha value is -12.2. The maximum Gasteiger partial charge on any atom is 0.246 e. The number of phenols is 1. The van der Waals surface area contributed by atoms with E-state index in [1.165, 1.54) is 67.0 Å². The number of likely N-dealkylation sites (N-methyl/N-ethyl adjacent to an activating group) is 3. The molecule has 720 valence electrons. The maximum atomic E-state index is 15.6. The van der Waals surface area contributed by atoms with Gasteiger partial charge in [0.1, 0.15) is 84.3 Å². The summed E-state index contributed by atoms with van der Waals surface area (Å²) in [5.41, 5.74) is 14.8. The van der Waals surface area contributed by atoms with Crippen LogP contribution in [0.25, 0.3) is 21.8 Å². The average molecular weight is 1860 g/mol. The summed E-state index contributed by atoms with van der Waals surface area (Å²) in [6, 6.07) is 0.998. The summed E-state index contributed by atoms with van der Waals surface area (Å²) in [6.45, 7) is 10.7. The lowest BCUT2D eigenvalue weighted by Gasteiger charge is -2.36. The zero-order valence-electron chi connectivity index (χ0n) is 76.7. The largest absolute Gasteiger partial charge is 0.508 e. The summed E-state index contributed by atoms with van der Waals surface area (Å²) in [4.78, 5) is 263. The minimum atomic E-state index is -1.75. The number of aromatic amines is 2. The summed E-state index contributed by atoms with van der Waals surface area (Å²) >= 11 is 0.837. The van der Waals surface area contributed by atoms with Gasteiger partial charge in [0.2, 0.25) is 100 Å². The Morgan fingerprint density at radius 1 is 0.553 bits per heavy atom. The molecule has 0 unspecified atom stereocenters. The second-order valence-electron chi connectivity index (χ2n) is 35.1. The molecule has 0 radical (unpaired) electrons. The zero-order chi connectivity index (χ0) is 96.3. The average Bonchev–Trinajstić information content (AvgIpc) is 1.71. The molecule has 14 atom stereocenters. The molecule has 4 fully saturated rings. The summed E-state index contributed by atoms with van der Waals surface area (Å²) in [7, 11) is 4.06. The van der Waals surface area contributed by atoms with Crippen LogP contribution < -0.4 is 64.6 Å². The lowest BCUT2D eigenvalue weighted by molar-refractivity contribution is -0.149. The Balaban J connectivity index is 1.07. The van der Waals surface area contributed by atoms with E-state index in [4.69, 9.17) is 16.2 Å². The van der Waals surface area contributed by atoms with Gasteiger partial charge in [0.25, 0.3) is 0 Å². The topological polar surface area (TPSA) is 563 Å². The van der Waals surface area contributed by atoms with Crippen molar-refractivity contribution in [3.63, 3.8) is 0 Å². The Labute approximate surface area is 771 Å². The van der Waals surface area contributed by atoms with Crippen LogP contribution in [0.4, 0.5) is 0 Å². The number of aromatic nitrogens is 2. The molecule has 5 aromatic rings. The lowest BCUT2D eigenvalue weighted by atomic mass is 9.99. The van der Waals surface area contributed by atoms with Crippen LogP contribution in [-0.4, -0.2) is 326 Å².